The van der Waals surface area contributed by atoms with Crippen LogP contribution in [0.4, 0.5) is 0 Å². The van der Waals surface area contributed by atoms with Gasteiger partial charge < -0.3 is 0 Å². The van der Waals surface area contributed by atoms with E-state index < -0.39 is 0 Å². The fourth-order valence-corrected chi connectivity index (χ4v) is 2.83. The molecule has 3 heteroatoms. The number of hydrogen-bond acceptors (Lipinski definition) is 2. The highest BCUT2D eigenvalue weighted by Crippen LogP contribution is 2.19. The van der Waals surface area contributed by atoms with Gasteiger partial charge in [-0.2, -0.15) is 0 Å². The van der Waals surface area contributed by atoms with Crippen molar-refractivity contribution in [2.75, 3.05) is 0 Å². The molecule has 0 aromatic heterocycles. The van der Waals surface area contributed by atoms with Crippen LogP contribution in [0.1, 0.15) is 23.1 Å². The summed E-state index contributed by atoms with van der Waals surface area (Å²) in [6, 6.07) is 17.3. The number of nitrogens with two attached hydrogens (primary N) is 1. The molecule has 3 N–H and O–H groups in total. The normalized spacial score (nSPS) is 12.3. The summed E-state index contributed by atoms with van der Waals surface area (Å²) in [5.41, 5.74) is 6.92. The molecule has 0 radical (unpaired) electrons. The van der Waals surface area contributed by atoms with Crippen molar-refractivity contribution >= 4 is 15.9 Å². The lowest BCUT2D eigenvalue weighted by molar-refractivity contribution is 0.491. The van der Waals surface area contributed by atoms with Gasteiger partial charge in [0.05, 0.1) is 0 Å². The lowest BCUT2D eigenvalue weighted by Crippen LogP contribution is -2.37. The topological polar surface area (TPSA) is 38.0 Å². The molecule has 2 nitrogen and oxygen atoms in total. The van der Waals surface area contributed by atoms with Crippen LogP contribution in [0.25, 0.3) is 0 Å². The standard InChI is InChI=1S/C17H21BrN2/c1-13-5-4-6-14(11-13)9-10-16(20-19)12-15-7-2-3-8-17(15)18/h2-8,11,16,20H,9-10,12,19H2,1H3. The lowest BCUT2D eigenvalue weighted by Gasteiger charge is -2.17. The molecule has 0 spiro atoms. The summed E-state index contributed by atoms with van der Waals surface area (Å²) in [4.78, 5) is 0. The van der Waals surface area contributed by atoms with Gasteiger partial charge in [-0.25, -0.2) is 0 Å². The number of nitrogens with one attached hydrogen (secondary N) is 1. The second-order valence-electron chi connectivity index (χ2n) is 5.19. The maximum absolute atomic E-state index is 5.70. The fourth-order valence-electron chi connectivity index (χ4n) is 2.38. The molecule has 2 aromatic carbocycles. The van der Waals surface area contributed by atoms with E-state index in [0.29, 0.717) is 0 Å². The smallest absolute Gasteiger partial charge is 0.0254 e. The van der Waals surface area contributed by atoms with E-state index in [0.717, 1.165) is 23.7 Å². The minimum atomic E-state index is 0.286. The summed E-state index contributed by atoms with van der Waals surface area (Å²) >= 11 is 3.59. The SMILES string of the molecule is Cc1cccc(CCC(Cc2ccccc2Br)NN)c1. The van der Waals surface area contributed by atoms with Gasteiger partial charge in [0.15, 0.2) is 0 Å². The van der Waals surface area contributed by atoms with Crippen molar-refractivity contribution in [3.63, 3.8) is 0 Å². The van der Waals surface area contributed by atoms with E-state index in [9.17, 15) is 0 Å². The maximum atomic E-state index is 5.70. The third kappa shape index (κ3) is 4.44. The van der Waals surface area contributed by atoms with Crippen LogP contribution in [0.3, 0.4) is 0 Å². The first kappa shape index (κ1) is 15.2. The molecule has 2 rings (SSSR count). The Kier molecular flexibility index (Phi) is 5.77. The molecule has 0 saturated heterocycles. The van der Waals surface area contributed by atoms with Gasteiger partial charge in [-0.3, -0.25) is 11.3 Å². The lowest BCUT2D eigenvalue weighted by atomic mass is 9.99. The number of aryl methyl sites for hydroxylation is 2. The Hall–Kier alpha value is -1.16. The zero-order valence-corrected chi connectivity index (χ0v) is 13.4. The molecule has 0 amide bonds. The van der Waals surface area contributed by atoms with Crippen LogP contribution in [0.15, 0.2) is 53.0 Å². The average Bonchev–Trinajstić information content (AvgIpc) is 2.45. The summed E-state index contributed by atoms with van der Waals surface area (Å²) in [5, 5.41) is 0. The van der Waals surface area contributed by atoms with Crippen LogP contribution in [-0.4, -0.2) is 6.04 Å². The van der Waals surface area contributed by atoms with Crippen molar-refractivity contribution in [3.8, 4) is 0 Å². The Morgan fingerprint density at radius 2 is 1.95 bits per heavy atom. The highest BCUT2D eigenvalue weighted by molar-refractivity contribution is 9.10. The van der Waals surface area contributed by atoms with E-state index in [2.05, 4.69) is 70.7 Å². The first-order valence-electron chi connectivity index (χ1n) is 6.94. The third-order valence-electron chi connectivity index (χ3n) is 3.52. The Balaban J connectivity index is 1.94. The van der Waals surface area contributed by atoms with E-state index in [-0.39, 0.29) is 6.04 Å². The number of benzene rings is 2. The van der Waals surface area contributed by atoms with Gasteiger partial charge in [0, 0.05) is 10.5 Å². The van der Waals surface area contributed by atoms with Gasteiger partial charge in [-0.1, -0.05) is 64.0 Å². The van der Waals surface area contributed by atoms with Gasteiger partial charge in [0.1, 0.15) is 0 Å². The molecule has 1 unspecified atom stereocenters. The van der Waals surface area contributed by atoms with Gasteiger partial charge in [0.2, 0.25) is 0 Å². The molecular formula is C17H21BrN2. The predicted octanol–water partition coefficient (Wildman–Crippen LogP) is 3.76. The predicted molar refractivity (Wildman–Crippen MR) is 88.5 cm³/mol. The van der Waals surface area contributed by atoms with E-state index >= 15 is 0 Å². The van der Waals surface area contributed by atoms with Crippen LogP contribution in [0, 0.1) is 6.92 Å². The van der Waals surface area contributed by atoms with Crippen LogP contribution < -0.4 is 11.3 Å². The molecule has 0 bridgehead atoms. The molecule has 1 atom stereocenters. The summed E-state index contributed by atoms with van der Waals surface area (Å²) in [5.74, 6) is 5.70. The summed E-state index contributed by atoms with van der Waals surface area (Å²) in [6.07, 6.45) is 3.01. The number of hydrazine groups is 1. The fraction of sp³-hybridized carbons (Fsp3) is 0.294. The minimum Gasteiger partial charge on any atom is -0.271 e. The maximum Gasteiger partial charge on any atom is 0.0254 e. The number of rotatable bonds is 6. The van der Waals surface area contributed by atoms with Crippen molar-refractivity contribution in [2.24, 2.45) is 5.84 Å². The first-order chi connectivity index (χ1) is 9.69. The monoisotopic (exact) mass is 332 g/mol. The largest absolute Gasteiger partial charge is 0.271 e. The second-order valence-corrected chi connectivity index (χ2v) is 6.04. The van der Waals surface area contributed by atoms with Crippen molar-refractivity contribution in [2.45, 2.75) is 32.2 Å². The summed E-state index contributed by atoms with van der Waals surface area (Å²) in [6.45, 7) is 2.13. The second kappa shape index (κ2) is 7.58. The van der Waals surface area contributed by atoms with Crippen molar-refractivity contribution < 1.29 is 0 Å². The summed E-state index contributed by atoms with van der Waals surface area (Å²) < 4.78 is 1.15. The Bertz CT molecular complexity index is 554. The molecule has 0 aliphatic rings. The molecule has 0 aliphatic carbocycles. The molecule has 0 aliphatic heterocycles. The Morgan fingerprint density at radius 3 is 2.65 bits per heavy atom. The van der Waals surface area contributed by atoms with Gasteiger partial charge in [0.25, 0.3) is 0 Å². The first-order valence-corrected chi connectivity index (χ1v) is 7.73. The quantitative estimate of drug-likeness (QED) is 0.624. The number of hydrogen-bond donors (Lipinski definition) is 2. The molecular weight excluding hydrogens is 312 g/mol. The Morgan fingerprint density at radius 1 is 1.15 bits per heavy atom. The van der Waals surface area contributed by atoms with Crippen molar-refractivity contribution in [3.05, 3.63) is 69.7 Å². The highest BCUT2D eigenvalue weighted by Gasteiger charge is 2.10. The van der Waals surface area contributed by atoms with Crippen molar-refractivity contribution in [1.29, 1.82) is 0 Å². The molecule has 106 valence electrons. The van der Waals surface area contributed by atoms with E-state index in [4.69, 9.17) is 5.84 Å². The van der Waals surface area contributed by atoms with Crippen LogP contribution >= 0.6 is 15.9 Å². The highest BCUT2D eigenvalue weighted by atomic mass is 79.9. The van der Waals surface area contributed by atoms with Crippen LogP contribution in [0.2, 0.25) is 0 Å². The zero-order chi connectivity index (χ0) is 14.4. The molecule has 2 aromatic rings. The van der Waals surface area contributed by atoms with Gasteiger partial charge in [-0.15, -0.1) is 0 Å². The van der Waals surface area contributed by atoms with Crippen LogP contribution in [-0.2, 0) is 12.8 Å². The van der Waals surface area contributed by atoms with Gasteiger partial charge in [-0.05, 0) is 43.4 Å². The van der Waals surface area contributed by atoms with Crippen molar-refractivity contribution in [1.82, 2.24) is 5.43 Å². The van der Waals surface area contributed by atoms with E-state index in [1.807, 2.05) is 6.07 Å². The average molecular weight is 333 g/mol. The number of halogens is 1. The molecule has 20 heavy (non-hydrogen) atoms. The zero-order valence-electron chi connectivity index (χ0n) is 11.8. The third-order valence-corrected chi connectivity index (χ3v) is 4.30. The van der Waals surface area contributed by atoms with E-state index in [1.165, 1.54) is 16.7 Å². The van der Waals surface area contributed by atoms with Gasteiger partial charge >= 0.3 is 0 Å². The molecule has 0 saturated carbocycles. The Labute approximate surface area is 129 Å². The summed E-state index contributed by atoms with van der Waals surface area (Å²) in [7, 11) is 0. The van der Waals surface area contributed by atoms with E-state index in [1.54, 1.807) is 0 Å². The minimum absolute atomic E-state index is 0.286. The molecule has 0 fully saturated rings. The molecule has 0 heterocycles. The van der Waals surface area contributed by atoms with Crippen LogP contribution in [0.5, 0.6) is 0 Å².